The van der Waals surface area contributed by atoms with Crippen molar-refractivity contribution in [2.75, 3.05) is 18.9 Å². The highest BCUT2D eigenvalue weighted by Crippen LogP contribution is 2.24. The van der Waals surface area contributed by atoms with E-state index < -0.39 is 10.0 Å². The summed E-state index contributed by atoms with van der Waals surface area (Å²) in [6.45, 7) is 5.98. The lowest BCUT2D eigenvalue weighted by Crippen LogP contribution is -2.37. The molecule has 0 aliphatic carbocycles. The Morgan fingerprint density at radius 2 is 2.12 bits per heavy atom. The number of hydrogen-bond acceptors (Lipinski definition) is 4. The van der Waals surface area contributed by atoms with E-state index in [9.17, 15) is 8.42 Å². The van der Waals surface area contributed by atoms with Gasteiger partial charge in [-0.05, 0) is 19.9 Å². The maximum Gasteiger partial charge on any atom is 0.246 e. The Morgan fingerprint density at radius 1 is 1.47 bits per heavy atom. The van der Waals surface area contributed by atoms with E-state index in [-0.39, 0.29) is 10.9 Å². The highest BCUT2D eigenvalue weighted by Gasteiger charge is 2.27. The van der Waals surface area contributed by atoms with Crippen LogP contribution in [0.5, 0.6) is 0 Å². The first-order valence-electron chi connectivity index (χ1n) is 5.58. The predicted octanol–water partition coefficient (Wildman–Crippen LogP) is 1.54. The molecule has 1 heterocycles. The summed E-state index contributed by atoms with van der Waals surface area (Å²) in [7, 11) is -1.79. The molecule has 0 saturated carbocycles. The van der Waals surface area contributed by atoms with Gasteiger partial charge in [0, 0.05) is 32.0 Å². The lowest BCUT2D eigenvalue weighted by Gasteiger charge is -2.25. The van der Waals surface area contributed by atoms with E-state index in [4.69, 9.17) is 0 Å². The van der Waals surface area contributed by atoms with E-state index in [1.807, 2.05) is 20.8 Å². The normalized spacial score (nSPS) is 12.1. The summed E-state index contributed by atoms with van der Waals surface area (Å²) in [4.78, 5) is 4.11. The van der Waals surface area contributed by atoms with Crippen LogP contribution in [-0.2, 0) is 10.0 Å². The van der Waals surface area contributed by atoms with Crippen molar-refractivity contribution < 1.29 is 8.42 Å². The Balaban J connectivity index is 3.30. The SMILES string of the molecule is CCN(C(C)C)S(=O)(=O)c1cnccc1NC. The van der Waals surface area contributed by atoms with Gasteiger partial charge in [0.2, 0.25) is 10.0 Å². The van der Waals surface area contributed by atoms with E-state index in [0.29, 0.717) is 12.2 Å². The fourth-order valence-corrected chi connectivity index (χ4v) is 3.52. The van der Waals surface area contributed by atoms with Crippen LogP contribution in [0, 0.1) is 0 Å². The molecule has 0 aromatic carbocycles. The molecule has 0 saturated heterocycles. The first kappa shape index (κ1) is 13.9. The first-order chi connectivity index (χ1) is 7.95. The van der Waals surface area contributed by atoms with Crippen molar-refractivity contribution in [1.29, 1.82) is 0 Å². The molecule has 96 valence electrons. The summed E-state index contributed by atoms with van der Waals surface area (Å²) in [5, 5.41) is 2.87. The molecule has 6 heteroatoms. The molecular weight excluding hydrogens is 238 g/mol. The van der Waals surface area contributed by atoms with Crippen LogP contribution in [0.3, 0.4) is 0 Å². The Bertz CT molecular complexity index is 471. The van der Waals surface area contributed by atoms with Crippen LogP contribution in [0.15, 0.2) is 23.4 Å². The molecule has 0 radical (unpaired) electrons. The highest BCUT2D eigenvalue weighted by atomic mass is 32.2. The van der Waals surface area contributed by atoms with Gasteiger partial charge in [-0.2, -0.15) is 4.31 Å². The average molecular weight is 257 g/mol. The van der Waals surface area contributed by atoms with Crippen LogP contribution >= 0.6 is 0 Å². The molecule has 0 fully saturated rings. The van der Waals surface area contributed by atoms with Gasteiger partial charge in [-0.15, -0.1) is 0 Å². The number of pyridine rings is 1. The molecule has 0 spiro atoms. The Hall–Kier alpha value is -1.14. The molecular formula is C11H19N3O2S. The van der Waals surface area contributed by atoms with E-state index in [0.717, 1.165) is 0 Å². The minimum absolute atomic E-state index is 0.0742. The third-order valence-electron chi connectivity index (χ3n) is 2.53. The van der Waals surface area contributed by atoms with Crippen molar-refractivity contribution in [3.8, 4) is 0 Å². The van der Waals surface area contributed by atoms with Gasteiger partial charge in [0.1, 0.15) is 4.90 Å². The third kappa shape index (κ3) is 2.76. The zero-order chi connectivity index (χ0) is 13.1. The second-order valence-corrected chi connectivity index (χ2v) is 5.78. The highest BCUT2D eigenvalue weighted by molar-refractivity contribution is 7.89. The van der Waals surface area contributed by atoms with Crippen LogP contribution in [0.1, 0.15) is 20.8 Å². The minimum atomic E-state index is -3.48. The number of aromatic nitrogens is 1. The lowest BCUT2D eigenvalue weighted by atomic mass is 10.4. The van der Waals surface area contributed by atoms with Crippen molar-refractivity contribution in [2.24, 2.45) is 0 Å². The molecule has 5 nitrogen and oxygen atoms in total. The van der Waals surface area contributed by atoms with E-state index >= 15 is 0 Å². The van der Waals surface area contributed by atoms with Crippen molar-refractivity contribution in [1.82, 2.24) is 9.29 Å². The zero-order valence-corrected chi connectivity index (χ0v) is 11.5. The van der Waals surface area contributed by atoms with Crippen LogP contribution in [0.2, 0.25) is 0 Å². The van der Waals surface area contributed by atoms with E-state index in [2.05, 4.69) is 10.3 Å². The van der Waals surface area contributed by atoms with Crippen LogP contribution in [0.25, 0.3) is 0 Å². The molecule has 1 aromatic heterocycles. The fourth-order valence-electron chi connectivity index (χ4n) is 1.73. The second kappa shape index (κ2) is 5.46. The molecule has 0 amide bonds. The van der Waals surface area contributed by atoms with Gasteiger partial charge >= 0.3 is 0 Å². The Kier molecular flexibility index (Phi) is 4.47. The number of hydrogen-bond donors (Lipinski definition) is 1. The van der Waals surface area contributed by atoms with E-state index in [1.54, 1.807) is 19.3 Å². The molecule has 1 N–H and O–H groups in total. The first-order valence-corrected chi connectivity index (χ1v) is 7.02. The molecule has 1 aromatic rings. The van der Waals surface area contributed by atoms with E-state index in [1.165, 1.54) is 10.5 Å². The second-order valence-electron chi connectivity index (χ2n) is 3.92. The summed E-state index contributed by atoms with van der Waals surface area (Å²) in [5.41, 5.74) is 0.569. The van der Waals surface area contributed by atoms with Gasteiger partial charge in [-0.1, -0.05) is 6.92 Å². The molecule has 0 unspecified atom stereocenters. The average Bonchev–Trinajstić information content (AvgIpc) is 2.29. The minimum Gasteiger partial charge on any atom is -0.387 e. The van der Waals surface area contributed by atoms with Crippen molar-refractivity contribution in [2.45, 2.75) is 31.7 Å². The van der Waals surface area contributed by atoms with Crippen LogP contribution in [0.4, 0.5) is 5.69 Å². The predicted molar refractivity (Wildman–Crippen MR) is 68.5 cm³/mol. The van der Waals surface area contributed by atoms with Gasteiger partial charge in [0.25, 0.3) is 0 Å². The zero-order valence-electron chi connectivity index (χ0n) is 10.6. The Morgan fingerprint density at radius 3 is 2.59 bits per heavy atom. The topological polar surface area (TPSA) is 62.3 Å². The third-order valence-corrected chi connectivity index (χ3v) is 4.71. The lowest BCUT2D eigenvalue weighted by molar-refractivity contribution is 0.369. The molecule has 0 aliphatic heterocycles. The molecule has 0 atom stereocenters. The summed E-state index contributed by atoms with van der Waals surface area (Å²) in [5.74, 6) is 0. The number of nitrogens with one attached hydrogen (secondary N) is 1. The van der Waals surface area contributed by atoms with Crippen molar-refractivity contribution >= 4 is 15.7 Å². The molecule has 0 aliphatic rings. The maximum atomic E-state index is 12.4. The van der Waals surface area contributed by atoms with Gasteiger partial charge < -0.3 is 5.32 Å². The number of sulfonamides is 1. The summed E-state index contributed by atoms with van der Waals surface area (Å²) in [6.07, 6.45) is 2.95. The van der Waals surface area contributed by atoms with Crippen molar-refractivity contribution in [3.63, 3.8) is 0 Å². The smallest absolute Gasteiger partial charge is 0.246 e. The number of anilines is 1. The fraction of sp³-hybridized carbons (Fsp3) is 0.545. The standard InChI is InChI=1S/C11H19N3O2S/c1-5-14(9(2)3)17(15,16)11-8-13-7-6-10(11)12-4/h6-9H,5H2,1-4H3,(H,12,13). The van der Waals surface area contributed by atoms with Crippen molar-refractivity contribution in [3.05, 3.63) is 18.5 Å². The largest absolute Gasteiger partial charge is 0.387 e. The monoisotopic (exact) mass is 257 g/mol. The summed E-state index contributed by atoms with van der Waals surface area (Å²) in [6, 6.07) is 1.58. The number of rotatable bonds is 5. The molecule has 1 rings (SSSR count). The maximum absolute atomic E-state index is 12.4. The van der Waals surface area contributed by atoms with Crippen LogP contribution < -0.4 is 5.32 Å². The molecule has 17 heavy (non-hydrogen) atoms. The number of nitrogens with zero attached hydrogens (tertiary/aromatic N) is 2. The van der Waals surface area contributed by atoms with Gasteiger partial charge in [-0.25, -0.2) is 8.42 Å². The van der Waals surface area contributed by atoms with Crippen LogP contribution in [-0.4, -0.2) is 37.3 Å². The van der Waals surface area contributed by atoms with Gasteiger partial charge in [0.05, 0.1) is 5.69 Å². The quantitative estimate of drug-likeness (QED) is 0.869. The Labute approximate surface area is 103 Å². The summed E-state index contributed by atoms with van der Waals surface area (Å²) < 4.78 is 26.3. The summed E-state index contributed by atoms with van der Waals surface area (Å²) >= 11 is 0. The van der Waals surface area contributed by atoms with Gasteiger partial charge in [-0.3, -0.25) is 4.98 Å². The molecule has 0 bridgehead atoms. The van der Waals surface area contributed by atoms with Gasteiger partial charge in [0.15, 0.2) is 0 Å².